The van der Waals surface area contributed by atoms with Gasteiger partial charge < -0.3 is 14.4 Å². The lowest BCUT2D eigenvalue weighted by Gasteiger charge is -2.22. The molecule has 1 amide bonds. The first-order chi connectivity index (χ1) is 9.19. The first kappa shape index (κ1) is 15.6. The third kappa shape index (κ3) is 3.77. The summed E-state index contributed by atoms with van der Waals surface area (Å²) >= 11 is 5.75. The van der Waals surface area contributed by atoms with Crippen molar-refractivity contribution in [1.29, 1.82) is 0 Å². The largest absolute Gasteiger partial charge is 0.493 e. The molecule has 0 atom stereocenters. The van der Waals surface area contributed by atoms with Crippen LogP contribution in [0.1, 0.15) is 23.7 Å². The monoisotopic (exact) mass is 285 g/mol. The Morgan fingerprint density at radius 1 is 1.26 bits per heavy atom. The summed E-state index contributed by atoms with van der Waals surface area (Å²) in [5, 5.41) is 0. The van der Waals surface area contributed by atoms with Crippen LogP contribution in [0.15, 0.2) is 18.2 Å². The number of alkyl halides is 1. The van der Waals surface area contributed by atoms with E-state index >= 15 is 0 Å². The molecule has 1 aromatic carbocycles. The Morgan fingerprint density at radius 3 is 2.53 bits per heavy atom. The van der Waals surface area contributed by atoms with Crippen LogP contribution in [0.3, 0.4) is 0 Å². The number of carbonyl (C=O) groups excluding carboxylic acids is 1. The number of benzene rings is 1. The zero-order valence-electron chi connectivity index (χ0n) is 11.6. The Labute approximate surface area is 119 Å². The van der Waals surface area contributed by atoms with Crippen molar-refractivity contribution in [2.45, 2.75) is 13.3 Å². The van der Waals surface area contributed by atoms with E-state index in [4.69, 9.17) is 21.1 Å². The molecule has 1 rings (SSSR count). The quantitative estimate of drug-likeness (QED) is 0.723. The van der Waals surface area contributed by atoms with Gasteiger partial charge in [-0.05, 0) is 18.6 Å². The molecule has 0 aliphatic heterocycles. The maximum Gasteiger partial charge on any atom is 0.257 e. The molecule has 0 fully saturated rings. The third-order valence-electron chi connectivity index (χ3n) is 2.77. The van der Waals surface area contributed by atoms with Crippen LogP contribution in [-0.4, -0.2) is 44.0 Å². The predicted octanol–water partition coefficient (Wildman–Crippen LogP) is 2.79. The molecule has 0 saturated heterocycles. The van der Waals surface area contributed by atoms with Crippen LogP contribution in [0.4, 0.5) is 0 Å². The second-order valence-electron chi connectivity index (χ2n) is 4.02. The average molecular weight is 286 g/mol. The Morgan fingerprint density at radius 2 is 2.00 bits per heavy atom. The van der Waals surface area contributed by atoms with Gasteiger partial charge in [-0.15, -0.1) is 11.6 Å². The molecule has 106 valence electrons. The highest BCUT2D eigenvalue weighted by atomic mass is 35.5. The summed E-state index contributed by atoms with van der Waals surface area (Å²) in [6.45, 7) is 3.22. The van der Waals surface area contributed by atoms with Gasteiger partial charge in [-0.3, -0.25) is 4.79 Å². The second kappa shape index (κ2) is 7.89. The minimum atomic E-state index is -0.0850. The highest BCUT2D eigenvalue weighted by molar-refractivity contribution is 6.18. The topological polar surface area (TPSA) is 38.8 Å². The van der Waals surface area contributed by atoms with Crippen molar-refractivity contribution in [1.82, 2.24) is 4.90 Å². The Balaban J connectivity index is 3.09. The van der Waals surface area contributed by atoms with E-state index in [1.165, 1.54) is 7.11 Å². The van der Waals surface area contributed by atoms with Crippen LogP contribution >= 0.6 is 11.6 Å². The molecule has 0 spiro atoms. The van der Waals surface area contributed by atoms with Gasteiger partial charge >= 0.3 is 0 Å². The van der Waals surface area contributed by atoms with E-state index in [2.05, 4.69) is 0 Å². The SMILES string of the molecule is CCCN(CCCl)C(=O)c1cccc(OC)c1OC. The minimum Gasteiger partial charge on any atom is -0.493 e. The van der Waals surface area contributed by atoms with Crippen LogP contribution in [0.2, 0.25) is 0 Å². The standard InChI is InChI=1S/C14H20ClNO3/c1-4-9-16(10-8-15)14(17)11-6-5-7-12(18-2)13(11)19-3/h5-7H,4,8-10H2,1-3H3. The molecule has 4 nitrogen and oxygen atoms in total. The summed E-state index contributed by atoms with van der Waals surface area (Å²) in [4.78, 5) is 14.2. The normalized spacial score (nSPS) is 10.1. The number of halogens is 1. The van der Waals surface area contributed by atoms with Crippen molar-refractivity contribution in [3.63, 3.8) is 0 Å². The van der Waals surface area contributed by atoms with E-state index < -0.39 is 0 Å². The van der Waals surface area contributed by atoms with Crippen molar-refractivity contribution in [3.05, 3.63) is 23.8 Å². The molecule has 5 heteroatoms. The van der Waals surface area contributed by atoms with Gasteiger partial charge in [-0.1, -0.05) is 13.0 Å². The maximum atomic E-state index is 12.5. The van der Waals surface area contributed by atoms with Gasteiger partial charge in [0.1, 0.15) is 0 Å². The minimum absolute atomic E-state index is 0.0850. The van der Waals surface area contributed by atoms with Crippen molar-refractivity contribution in [2.24, 2.45) is 0 Å². The van der Waals surface area contributed by atoms with Crippen molar-refractivity contribution in [3.8, 4) is 11.5 Å². The molecular formula is C14H20ClNO3. The van der Waals surface area contributed by atoms with Gasteiger partial charge in [0.15, 0.2) is 11.5 Å². The number of rotatable bonds is 7. The smallest absolute Gasteiger partial charge is 0.257 e. The molecule has 0 bridgehead atoms. The van der Waals surface area contributed by atoms with E-state index in [-0.39, 0.29) is 5.91 Å². The van der Waals surface area contributed by atoms with E-state index in [0.29, 0.717) is 36.0 Å². The highest BCUT2D eigenvalue weighted by Gasteiger charge is 2.21. The lowest BCUT2D eigenvalue weighted by molar-refractivity contribution is 0.0761. The molecule has 0 aliphatic rings. The molecule has 1 aromatic rings. The Bertz CT molecular complexity index is 417. The van der Waals surface area contributed by atoms with Gasteiger partial charge in [0.2, 0.25) is 0 Å². The Hall–Kier alpha value is -1.42. The molecule has 19 heavy (non-hydrogen) atoms. The van der Waals surface area contributed by atoms with Crippen LogP contribution in [-0.2, 0) is 0 Å². The number of ether oxygens (including phenoxy) is 2. The zero-order chi connectivity index (χ0) is 14.3. The van der Waals surface area contributed by atoms with Gasteiger partial charge in [-0.2, -0.15) is 0 Å². The molecule has 0 unspecified atom stereocenters. The first-order valence-electron chi connectivity index (χ1n) is 6.25. The van der Waals surface area contributed by atoms with Crippen molar-refractivity contribution in [2.75, 3.05) is 33.2 Å². The fraction of sp³-hybridized carbons (Fsp3) is 0.500. The number of amides is 1. The number of para-hydroxylation sites is 1. The van der Waals surface area contributed by atoms with Crippen molar-refractivity contribution >= 4 is 17.5 Å². The van der Waals surface area contributed by atoms with Crippen LogP contribution < -0.4 is 9.47 Å². The number of hydrogen-bond donors (Lipinski definition) is 0. The number of hydrogen-bond acceptors (Lipinski definition) is 3. The van der Waals surface area contributed by atoms with E-state index in [1.54, 1.807) is 30.2 Å². The van der Waals surface area contributed by atoms with Crippen molar-refractivity contribution < 1.29 is 14.3 Å². The Kier molecular flexibility index (Phi) is 6.50. The summed E-state index contributed by atoms with van der Waals surface area (Å²) in [5.74, 6) is 1.34. The lowest BCUT2D eigenvalue weighted by atomic mass is 10.1. The number of methoxy groups -OCH3 is 2. The van der Waals surface area contributed by atoms with Gasteiger partial charge in [0, 0.05) is 19.0 Å². The van der Waals surface area contributed by atoms with Crippen LogP contribution in [0.25, 0.3) is 0 Å². The van der Waals surface area contributed by atoms with Gasteiger partial charge in [0.25, 0.3) is 5.91 Å². The summed E-state index contributed by atoms with van der Waals surface area (Å²) in [6.07, 6.45) is 0.884. The molecular weight excluding hydrogens is 266 g/mol. The zero-order valence-corrected chi connectivity index (χ0v) is 12.4. The maximum absolute atomic E-state index is 12.5. The van der Waals surface area contributed by atoms with E-state index in [1.807, 2.05) is 6.92 Å². The van der Waals surface area contributed by atoms with E-state index in [0.717, 1.165) is 6.42 Å². The molecule has 0 aliphatic carbocycles. The highest BCUT2D eigenvalue weighted by Crippen LogP contribution is 2.31. The summed E-state index contributed by atoms with van der Waals surface area (Å²) in [7, 11) is 3.08. The molecule has 0 saturated carbocycles. The fourth-order valence-electron chi connectivity index (χ4n) is 1.91. The van der Waals surface area contributed by atoms with E-state index in [9.17, 15) is 4.79 Å². The molecule has 0 N–H and O–H groups in total. The summed E-state index contributed by atoms with van der Waals surface area (Å²) < 4.78 is 10.5. The average Bonchev–Trinajstić information content (AvgIpc) is 2.45. The fourth-order valence-corrected chi connectivity index (χ4v) is 2.12. The first-order valence-corrected chi connectivity index (χ1v) is 6.79. The van der Waals surface area contributed by atoms with Gasteiger partial charge in [0.05, 0.1) is 19.8 Å². The van der Waals surface area contributed by atoms with Crippen LogP contribution in [0, 0.1) is 0 Å². The number of nitrogens with zero attached hydrogens (tertiary/aromatic N) is 1. The third-order valence-corrected chi connectivity index (χ3v) is 2.94. The van der Waals surface area contributed by atoms with Gasteiger partial charge in [-0.25, -0.2) is 0 Å². The predicted molar refractivity (Wildman–Crippen MR) is 76.5 cm³/mol. The summed E-state index contributed by atoms with van der Waals surface area (Å²) in [6, 6.07) is 5.28. The van der Waals surface area contributed by atoms with Crippen LogP contribution in [0.5, 0.6) is 11.5 Å². The summed E-state index contributed by atoms with van der Waals surface area (Å²) in [5.41, 5.74) is 0.500. The lowest BCUT2D eigenvalue weighted by Crippen LogP contribution is -2.33. The molecule has 0 heterocycles. The molecule has 0 radical (unpaired) electrons. The second-order valence-corrected chi connectivity index (χ2v) is 4.40. The number of carbonyl (C=O) groups is 1. The molecule has 0 aromatic heterocycles.